The molecule has 0 unspecified atom stereocenters. The highest BCUT2D eigenvalue weighted by atomic mass is 19.4. The van der Waals surface area contributed by atoms with Gasteiger partial charge in [0, 0.05) is 29.5 Å². The van der Waals surface area contributed by atoms with Gasteiger partial charge in [0.15, 0.2) is 0 Å². The summed E-state index contributed by atoms with van der Waals surface area (Å²) in [4.78, 5) is 21.3. The Balaban J connectivity index is 1.33. The normalized spacial score (nSPS) is 11.4. The van der Waals surface area contributed by atoms with Crippen LogP contribution in [0.3, 0.4) is 0 Å². The van der Waals surface area contributed by atoms with Gasteiger partial charge >= 0.3 is 6.18 Å². The molecule has 0 saturated heterocycles. The van der Waals surface area contributed by atoms with E-state index in [1.807, 2.05) is 0 Å². The molecule has 2 aromatic heterocycles. The van der Waals surface area contributed by atoms with E-state index < -0.39 is 23.5 Å². The number of aromatic amines is 1. The first-order valence-corrected chi connectivity index (χ1v) is 10.5. The number of anilines is 1. The Morgan fingerprint density at radius 3 is 2.50 bits per heavy atom. The van der Waals surface area contributed by atoms with Crippen LogP contribution in [0.4, 0.5) is 23.2 Å². The predicted octanol–water partition coefficient (Wildman–Crippen LogP) is 6.22. The number of ether oxygens (including phenoxy) is 1. The molecule has 5 rings (SSSR count). The van der Waals surface area contributed by atoms with E-state index in [4.69, 9.17) is 4.74 Å². The Labute approximate surface area is 200 Å². The molecule has 11 heteroatoms. The second-order valence-corrected chi connectivity index (χ2v) is 7.67. The van der Waals surface area contributed by atoms with Crippen LogP contribution in [0.15, 0.2) is 79.3 Å². The number of hydrogen-bond donors (Lipinski definition) is 2. The van der Waals surface area contributed by atoms with E-state index in [9.17, 15) is 22.4 Å². The molecule has 0 spiro atoms. The zero-order chi connectivity index (χ0) is 25.3. The van der Waals surface area contributed by atoms with Crippen LogP contribution in [0.5, 0.6) is 11.5 Å². The molecular weight excluding hydrogens is 478 g/mol. The lowest BCUT2D eigenvalue weighted by atomic mass is 10.1. The van der Waals surface area contributed by atoms with Crippen molar-refractivity contribution in [1.29, 1.82) is 0 Å². The van der Waals surface area contributed by atoms with Crippen LogP contribution in [-0.4, -0.2) is 26.1 Å². The Morgan fingerprint density at radius 2 is 1.75 bits per heavy atom. The van der Waals surface area contributed by atoms with Gasteiger partial charge in [-0.3, -0.25) is 14.9 Å². The highest BCUT2D eigenvalue weighted by Crippen LogP contribution is 2.31. The van der Waals surface area contributed by atoms with E-state index in [0.717, 1.165) is 23.8 Å². The van der Waals surface area contributed by atoms with Crippen LogP contribution in [0.25, 0.3) is 22.3 Å². The molecule has 2 N–H and O–H groups in total. The lowest BCUT2D eigenvalue weighted by Gasteiger charge is -2.11. The smallest absolute Gasteiger partial charge is 0.416 e. The second kappa shape index (κ2) is 9.10. The van der Waals surface area contributed by atoms with Gasteiger partial charge in [0.2, 0.25) is 0 Å². The SMILES string of the molecule is O=C(Nc1ccc(Oc2ccc3ncc(-c4cn[nH]c4)nc3c2)cc1F)c1cccc(C(F)(F)F)c1. The van der Waals surface area contributed by atoms with Crippen molar-refractivity contribution in [3.05, 3.63) is 96.2 Å². The zero-order valence-electron chi connectivity index (χ0n) is 18.2. The molecule has 1 amide bonds. The van der Waals surface area contributed by atoms with E-state index in [-0.39, 0.29) is 17.0 Å². The van der Waals surface area contributed by atoms with Gasteiger partial charge in [0.05, 0.1) is 40.4 Å². The van der Waals surface area contributed by atoms with E-state index in [1.165, 1.54) is 18.2 Å². The number of rotatable bonds is 5. The summed E-state index contributed by atoms with van der Waals surface area (Å²) in [6.07, 6.45) is 0.323. The number of halogens is 4. The van der Waals surface area contributed by atoms with Gasteiger partial charge in [0.25, 0.3) is 5.91 Å². The first kappa shape index (κ1) is 23.0. The number of aromatic nitrogens is 4. The molecule has 3 aromatic carbocycles. The second-order valence-electron chi connectivity index (χ2n) is 7.67. The summed E-state index contributed by atoms with van der Waals surface area (Å²) in [5.41, 5.74) is 1.12. The summed E-state index contributed by atoms with van der Waals surface area (Å²) in [7, 11) is 0. The summed E-state index contributed by atoms with van der Waals surface area (Å²) in [6, 6.07) is 12.6. The molecule has 7 nitrogen and oxygen atoms in total. The lowest BCUT2D eigenvalue weighted by molar-refractivity contribution is -0.137. The molecule has 5 aromatic rings. The molecule has 180 valence electrons. The van der Waals surface area contributed by atoms with Crippen molar-refractivity contribution in [2.24, 2.45) is 0 Å². The van der Waals surface area contributed by atoms with Crippen molar-refractivity contribution < 1.29 is 27.1 Å². The number of hydrogen-bond acceptors (Lipinski definition) is 5. The summed E-state index contributed by atoms with van der Waals surface area (Å²) in [5, 5.41) is 8.88. The third-order valence-corrected chi connectivity index (χ3v) is 5.18. The number of amides is 1. The van der Waals surface area contributed by atoms with Crippen molar-refractivity contribution in [3.8, 4) is 22.8 Å². The molecule has 0 bridgehead atoms. The molecule has 0 saturated carbocycles. The first-order valence-electron chi connectivity index (χ1n) is 10.5. The van der Waals surface area contributed by atoms with Crippen molar-refractivity contribution in [1.82, 2.24) is 20.2 Å². The largest absolute Gasteiger partial charge is 0.457 e. The monoisotopic (exact) mass is 493 g/mol. The summed E-state index contributed by atoms with van der Waals surface area (Å²) < 4.78 is 59.1. The number of alkyl halides is 3. The Bertz CT molecular complexity index is 1570. The van der Waals surface area contributed by atoms with Gasteiger partial charge in [-0.1, -0.05) is 6.07 Å². The third-order valence-electron chi connectivity index (χ3n) is 5.18. The number of H-pyrrole nitrogens is 1. The molecule has 0 radical (unpaired) electrons. The van der Waals surface area contributed by atoms with Crippen molar-refractivity contribution in [3.63, 3.8) is 0 Å². The number of benzene rings is 3. The molecule has 0 aliphatic carbocycles. The zero-order valence-corrected chi connectivity index (χ0v) is 18.2. The van der Waals surface area contributed by atoms with Crippen LogP contribution in [-0.2, 0) is 6.18 Å². The van der Waals surface area contributed by atoms with Crippen LogP contribution >= 0.6 is 0 Å². The number of fused-ring (bicyclic) bond motifs is 1. The van der Waals surface area contributed by atoms with Crippen molar-refractivity contribution >= 4 is 22.6 Å². The Hall–Kier alpha value is -4.80. The molecule has 36 heavy (non-hydrogen) atoms. The minimum atomic E-state index is -4.60. The van der Waals surface area contributed by atoms with Crippen LogP contribution in [0.2, 0.25) is 0 Å². The summed E-state index contributed by atoms with van der Waals surface area (Å²) >= 11 is 0. The van der Waals surface area contributed by atoms with Crippen molar-refractivity contribution in [2.45, 2.75) is 6.18 Å². The average Bonchev–Trinajstić information content (AvgIpc) is 3.40. The maximum absolute atomic E-state index is 14.7. The van der Waals surface area contributed by atoms with Crippen LogP contribution in [0.1, 0.15) is 15.9 Å². The summed E-state index contributed by atoms with van der Waals surface area (Å²) in [6.45, 7) is 0. The fourth-order valence-corrected chi connectivity index (χ4v) is 3.41. The van der Waals surface area contributed by atoms with E-state index in [1.54, 1.807) is 36.8 Å². The summed E-state index contributed by atoms with van der Waals surface area (Å²) in [5.74, 6) is -1.19. The van der Waals surface area contributed by atoms with E-state index >= 15 is 0 Å². The minimum absolute atomic E-state index is 0.142. The van der Waals surface area contributed by atoms with Crippen LogP contribution in [0, 0.1) is 5.82 Å². The third kappa shape index (κ3) is 4.85. The lowest BCUT2D eigenvalue weighted by Crippen LogP contribution is -2.14. The predicted molar refractivity (Wildman–Crippen MR) is 123 cm³/mol. The number of nitrogens with zero attached hydrogens (tertiary/aromatic N) is 3. The maximum atomic E-state index is 14.7. The van der Waals surface area contributed by atoms with E-state index in [2.05, 4.69) is 25.5 Å². The quantitative estimate of drug-likeness (QED) is 0.284. The number of carbonyl (C=O) groups excluding carboxylic acids is 1. The Morgan fingerprint density at radius 1 is 0.944 bits per heavy atom. The van der Waals surface area contributed by atoms with Gasteiger partial charge < -0.3 is 10.1 Å². The highest BCUT2D eigenvalue weighted by molar-refractivity contribution is 6.04. The van der Waals surface area contributed by atoms with Gasteiger partial charge in [-0.25, -0.2) is 9.37 Å². The molecule has 0 fully saturated rings. The highest BCUT2D eigenvalue weighted by Gasteiger charge is 2.31. The van der Waals surface area contributed by atoms with Gasteiger partial charge in [-0.15, -0.1) is 0 Å². The number of carbonyl (C=O) groups is 1. The molecule has 0 aliphatic heterocycles. The number of nitrogens with one attached hydrogen (secondary N) is 2. The minimum Gasteiger partial charge on any atom is -0.457 e. The first-order chi connectivity index (χ1) is 17.3. The molecule has 0 aliphatic rings. The fourth-order valence-electron chi connectivity index (χ4n) is 3.41. The van der Waals surface area contributed by atoms with Crippen LogP contribution < -0.4 is 10.1 Å². The van der Waals surface area contributed by atoms with Gasteiger partial charge in [-0.05, 0) is 42.5 Å². The molecular formula is C25H15F4N5O2. The fraction of sp³-hybridized carbons (Fsp3) is 0.0400. The topological polar surface area (TPSA) is 92.8 Å². The Kier molecular flexibility index (Phi) is 5.80. The maximum Gasteiger partial charge on any atom is 0.416 e. The standard InChI is InChI=1S/C25H15F4N5O2/c26-19-9-17(4-6-20(19)34-24(35)14-2-1-3-16(8-14)25(27,28)29)36-18-5-7-21-22(10-18)33-23(13-30-21)15-11-31-32-12-15/h1-13H,(H,31,32)(H,34,35). The van der Waals surface area contributed by atoms with Gasteiger partial charge in [0.1, 0.15) is 17.3 Å². The van der Waals surface area contributed by atoms with Gasteiger partial charge in [-0.2, -0.15) is 18.3 Å². The van der Waals surface area contributed by atoms with Crippen molar-refractivity contribution in [2.75, 3.05) is 5.32 Å². The molecule has 0 atom stereocenters. The van der Waals surface area contributed by atoms with E-state index in [0.29, 0.717) is 28.5 Å². The molecule has 2 heterocycles. The average molecular weight is 493 g/mol.